The van der Waals surface area contributed by atoms with Gasteiger partial charge >= 0.3 is 0 Å². The third-order valence-corrected chi connectivity index (χ3v) is 6.32. The Bertz CT molecular complexity index is 460. The van der Waals surface area contributed by atoms with Crippen molar-refractivity contribution in [2.24, 2.45) is 0 Å². The summed E-state index contributed by atoms with van der Waals surface area (Å²) in [6.07, 6.45) is 7.20. The fraction of sp³-hybridized carbons (Fsp3) is 0.368. The Morgan fingerprint density at radius 1 is 0.700 bits per heavy atom. The van der Waals surface area contributed by atoms with E-state index >= 15 is 0 Å². The zero-order valence-electron chi connectivity index (χ0n) is 12.0. The number of benzene rings is 2. The second-order valence-electron chi connectivity index (χ2n) is 5.76. The highest BCUT2D eigenvalue weighted by Gasteiger charge is 2.21. The van der Waals surface area contributed by atoms with Gasteiger partial charge in [-0.05, 0) is 29.6 Å². The quantitative estimate of drug-likeness (QED) is 0.623. The number of hydrogen-bond acceptors (Lipinski definition) is 0. The average Bonchev–Trinajstić information content (AvgIpc) is 2.55. The predicted octanol–water partition coefficient (Wildman–Crippen LogP) is 5.79. The van der Waals surface area contributed by atoms with Crippen LogP contribution in [0.1, 0.15) is 48.9 Å². The van der Waals surface area contributed by atoms with Gasteiger partial charge in [0.2, 0.25) is 0 Å². The van der Waals surface area contributed by atoms with Gasteiger partial charge in [-0.1, -0.05) is 79.9 Å². The number of hydrogen-bond donors (Lipinski definition) is 0. The average molecular weight is 282 g/mol. The maximum atomic E-state index is 2.30. The molecule has 1 saturated carbocycles. The van der Waals surface area contributed by atoms with Gasteiger partial charge in [0.05, 0.1) is 0 Å². The molecule has 0 radical (unpaired) electrons. The second kappa shape index (κ2) is 7.04. The van der Waals surface area contributed by atoms with Crippen LogP contribution in [0, 0.1) is 0 Å². The highest BCUT2D eigenvalue weighted by molar-refractivity contribution is 7.39. The third-order valence-electron chi connectivity index (χ3n) is 4.27. The fourth-order valence-electron chi connectivity index (χ4n) is 3.18. The Balaban J connectivity index is 1.83. The highest BCUT2D eigenvalue weighted by Crippen LogP contribution is 2.47. The molecule has 1 unspecified atom stereocenters. The van der Waals surface area contributed by atoms with Crippen LogP contribution in [-0.2, 0) is 0 Å². The lowest BCUT2D eigenvalue weighted by molar-refractivity contribution is 0.512. The Morgan fingerprint density at radius 2 is 1.20 bits per heavy atom. The summed E-state index contributed by atoms with van der Waals surface area (Å²) in [4.78, 5) is 0. The van der Waals surface area contributed by atoms with Crippen LogP contribution in [0.25, 0.3) is 0 Å². The van der Waals surface area contributed by atoms with Gasteiger partial charge in [-0.3, -0.25) is 0 Å². The molecule has 0 aromatic heterocycles. The normalized spacial score (nSPS) is 17.1. The molecule has 0 nitrogen and oxygen atoms in total. The van der Waals surface area contributed by atoms with E-state index in [1.807, 2.05) is 0 Å². The standard InChI is InChI=1S/C19H23P/c1-4-10-16(11-5-1)19(17-12-6-2-7-13-17)20-18-14-8-3-9-15-18/h1-2,4-7,10-13,18-20H,3,8-9,14-15H2. The van der Waals surface area contributed by atoms with Crippen molar-refractivity contribution in [3.05, 3.63) is 71.8 Å². The van der Waals surface area contributed by atoms with Crippen molar-refractivity contribution in [3.8, 4) is 0 Å². The molecule has 0 amide bonds. The van der Waals surface area contributed by atoms with E-state index in [1.54, 1.807) is 0 Å². The first kappa shape index (κ1) is 13.8. The lowest BCUT2D eigenvalue weighted by Gasteiger charge is -2.27. The molecule has 1 atom stereocenters. The van der Waals surface area contributed by atoms with Crippen LogP contribution in [0.4, 0.5) is 0 Å². The van der Waals surface area contributed by atoms with Crippen LogP contribution in [-0.4, -0.2) is 5.66 Å². The van der Waals surface area contributed by atoms with Gasteiger partial charge in [-0.15, -0.1) is 8.58 Å². The van der Waals surface area contributed by atoms with E-state index in [9.17, 15) is 0 Å². The van der Waals surface area contributed by atoms with E-state index in [1.165, 1.54) is 43.2 Å². The molecule has 1 fully saturated rings. The Labute approximate surface area is 124 Å². The predicted molar refractivity (Wildman–Crippen MR) is 89.9 cm³/mol. The molecule has 0 bridgehead atoms. The lowest BCUT2D eigenvalue weighted by Crippen LogP contribution is -2.09. The van der Waals surface area contributed by atoms with E-state index in [2.05, 4.69) is 60.7 Å². The zero-order chi connectivity index (χ0) is 13.6. The lowest BCUT2D eigenvalue weighted by atomic mass is 10.0. The maximum Gasteiger partial charge on any atom is 0.0265 e. The van der Waals surface area contributed by atoms with E-state index in [4.69, 9.17) is 0 Å². The van der Waals surface area contributed by atoms with E-state index in [-0.39, 0.29) is 0 Å². The van der Waals surface area contributed by atoms with Gasteiger partial charge in [0.1, 0.15) is 0 Å². The monoisotopic (exact) mass is 282 g/mol. The smallest absolute Gasteiger partial charge is 0.0265 e. The first-order valence-electron chi connectivity index (χ1n) is 7.79. The van der Waals surface area contributed by atoms with Gasteiger partial charge in [-0.2, -0.15) is 0 Å². The van der Waals surface area contributed by atoms with Crippen molar-refractivity contribution in [2.75, 3.05) is 0 Å². The van der Waals surface area contributed by atoms with Crippen LogP contribution in [0.5, 0.6) is 0 Å². The van der Waals surface area contributed by atoms with Crippen LogP contribution in [0.2, 0.25) is 0 Å². The van der Waals surface area contributed by atoms with Crippen LogP contribution >= 0.6 is 8.58 Å². The molecule has 0 spiro atoms. The Hall–Kier alpha value is -1.13. The first-order valence-corrected chi connectivity index (χ1v) is 8.95. The van der Waals surface area contributed by atoms with Crippen LogP contribution in [0.3, 0.4) is 0 Å². The second-order valence-corrected chi connectivity index (χ2v) is 7.48. The van der Waals surface area contributed by atoms with Crippen molar-refractivity contribution in [3.63, 3.8) is 0 Å². The van der Waals surface area contributed by atoms with Crippen molar-refractivity contribution >= 4 is 8.58 Å². The largest absolute Gasteiger partial charge is 0.106 e. The molecule has 2 aromatic carbocycles. The summed E-state index contributed by atoms with van der Waals surface area (Å²) in [5, 5.41) is 0. The summed E-state index contributed by atoms with van der Waals surface area (Å²) in [6.45, 7) is 0. The molecule has 0 saturated heterocycles. The minimum absolute atomic E-state index is 0.598. The molecule has 3 rings (SSSR count). The SMILES string of the molecule is c1ccc(C(PC2CCCCC2)c2ccccc2)cc1. The molecule has 1 heteroatoms. The Kier molecular flexibility index (Phi) is 4.87. The molecule has 1 aliphatic carbocycles. The van der Waals surface area contributed by atoms with Crippen molar-refractivity contribution in [1.29, 1.82) is 0 Å². The van der Waals surface area contributed by atoms with Gasteiger partial charge in [0.15, 0.2) is 0 Å². The molecule has 104 valence electrons. The van der Waals surface area contributed by atoms with Gasteiger partial charge in [0, 0.05) is 5.66 Å². The van der Waals surface area contributed by atoms with Crippen molar-refractivity contribution < 1.29 is 0 Å². The Morgan fingerprint density at radius 3 is 1.70 bits per heavy atom. The van der Waals surface area contributed by atoms with Gasteiger partial charge in [-0.25, -0.2) is 0 Å². The summed E-state index contributed by atoms with van der Waals surface area (Å²) in [5.74, 6) is 0. The molecule has 2 aromatic rings. The molecule has 1 aliphatic rings. The molecule has 20 heavy (non-hydrogen) atoms. The number of rotatable bonds is 4. The van der Waals surface area contributed by atoms with Crippen molar-refractivity contribution in [1.82, 2.24) is 0 Å². The van der Waals surface area contributed by atoms with Gasteiger partial charge < -0.3 is 0 Å². The molecular weight excluding hydrogens is 259 g/mol. The van der Waals surface area contributed by atoms with Crippen LogP contribution < -0.4 is 0 Å². The van der Waals surface area contributed by atoms with E-state index < -0.39 is 0 Å². The minimum atomic E-state index is 0.598. The maximum absolute atomic E-state index is 2.30. The highest BCUT2D eigenvalue weighted by atomic mass is 31.1. The third kappa shape index (κ3) is 3.49. The minimum Gasteiger partial charge on any atom is -0.106 e. The van der Waals surface area contributed by atoms with Crippen LogP contribution in [0.15, 0.2) is 60.7 Å². The zero-order valence-corrected chi connectivity index (χ0v) is 13.0. The topological polar surface area (TPSA) is 0 Å². The van der Waals surface area contributed by atoms with E-state index in [0.29, 0.717) is 5.66 Å². The first-order chi connectivity index (χ1) is 9.93. The summed E-state index contributed by atoms with van der Waals surface area (Å²) >= 11 is 0. The summed E-state index contributed by atoms with van der Waals surface area (Å²) < 4.78 is 0. The van der Waals surface area contributed by atoms with Gasteiger partial charge in [0.25, 0.3) is 0 Å². The van der Waals surface area contributed by atoms with E-state index in [0.717, 1.165) is 14.2 Å². The van der Waals surface area contributed by atoms with Crippen molar-refractivity contribution in [2.45, 2.75) is 43.4 Å². The molecule has 0 aliphatic heterocycles. The summed E-state index contributed by atoms with van der Waals surface area (Å²) in [7, 11) is 1.03. The summed E-state index contributed by atoms with van der Waals surface area (Å²) in [6, 6.07) is 22.1. The molecular formula is C19H23P. The summed E-state index contributed by atoms with van der Waals surface area (Å²) in [5.41, 5.74) is 4.51. The molecule has 0 heterocycles. The fourth-order valence-corrected chi connectivity index (χ4v) is 5.16. The molecule has 0 N–H and O–H groups in total.